The van der Waals surface area contributed by atoms with Crippen LogP contribution in [-0.4, -0.2) is 17.8 Å². The van der Waals surface area contributed by atoms with Crippen LogP contribution >= 0.6 is 0 Å². The van der Waals surface area contributed by atoms with E-state index in [1.807, 2.05) is 49.4 Å². The lowest BCUT2D eigenvalue weighted by molar-refractivity contribution is -0.0349. The fourth-order valence-corrected chi connectivity index (χ4v) is 1.46. The molecule has 0 aromatic heterocycles. The highest BCUT2D eigenvalue weighted by atomic mass is 16.7. The topological polar surface area (TPSA) is 47.6 Å². The average molecular weight is 277 g/mol. The summed E-state index contributed by atoms with van der Waals surface area (Å²) in [6.45, 7) is 7.29. The van der Waals surface area contributed by atoms with Crippen molar-refractivity contribution in [3.05, 3.63) is 42.0 Å². The van der Waals surface area contributed by atoms with Crippen molar-refractivity contribution >= 4 is 12.2 Å². The number of carbonyl (C=O) groups excluding carboxylic acids is 1. The quantitative estimate of drug-likeness (QED) is 0.829. The van der Waals surface area contributed by atoms with Gasteiger partial charge in [-0.1, -0.05) is 42.5 Å². The van der Waals surface area contributed by atoms with E-state index < -0.39 is 11.7 Å². The molecule has 4 nitrogen and oxygen atoms in total. The Hall–Kier alpha value is -1.81. The molecule has 0 radical (unpaired) electrons. The van der Waals surface area contributed by atoms with Gasteiger partial charge in [0.25, 0.3) is 0 Å². The lowest BCUT2D eigenvalue weighted by Gasteiger charge is -2.20. The summed E-state index contributed by atoms with van der Waals surface area (Å²) in [5.74, 6) is 0. The molecule has 0 aliphatic carbocycles. The van der Waals surface area contributed by atoms with E-state index >= 15 is 0 Å². The van der Waals surface area contributed by atoms with Crippen LogP contribution in [-0.2, 0) is 9.57 Å². The zero-order chi connectivity index (χ0) is 15.0. The largest absolute Gasteiger partial charge is 0.442 e. The maximum atomic E-state index is 11.4. The molecule has 0 saturated heterocycles. The summed E-state index contributed by atoms with van der Waals surface area (Å²) < 4.78 is 5.07. The van der Waals surface area contributed by atoms with Gasteiger partial charge in [0.05, 0.1) is 6.10 Å². The highest BCUT2D eigenvalue weighted by Gasteiger charge is 2.16. The number of hydrogen-bond donors (Lipinski definition) is 1. The molecule has 0 spiro atoms. The van der Waals surface area contributed by atoms with Crippen LogP contribution in [0.25, 0.3) is 6.08 Å². The second-order valence-corrected chi connectivity index (χ2v) is 5.58. The van der Waals surface area contributed by atoms with Crippen LogP contribution in [0.3, 0.4) is 0 Å². The Morgan fingerprint density at radius 2 is 1.95 bits per heavy atom. The summed E-state index contributed by atoms with van der Waals surface area (Å²) in [6, 6.07) is 10.0. The van der Waals surface area contributed by atoms with E-state index in [9.17, 15) is 4.79 Å². The fourth-order valence-electron chi connectivity index (χ4n) is 1.46. The van der Waals surface area contributed by atoms with Crippen LogP contribution < -0.4 is 5.48 Å². The second-order valence-electron chi connectivity index (χ2n) is 5.58. The number of hydroxylamine groups is 1. The molecular weight excluding hydrogens is 254 g/mol. The smallest absolute Gasteiger partial charge is 0.431 e. The van der Waals surface area contributed by atoms with Crippen LogP contribution in [0, 0.1) is 0 Å². The first-order chi connectivity index (χ1) is 9.37. The summed E-state index contributed by atoms with van der Waals surface area (Å²) in [6.07, 6.45) is 4.04. The molecule has 20 heavy (non-hydrogen) atoms. The molecular formula is C16H23NO3. The molecule has 0 aliphatic heterocycles. The van der Waals surface area contributed by atoms with Crippen molar-refractivity contribution in [2.24, 2.45) is 0 Å². The number of nitrogens with one attached hydrogen (secondary N) is 1. The van der Waals surface area contributed by atoms with Gasteiger partial charge in [0.15, 0.2) is 0 Å². The molecule has 1 atom stereocenters. The Bertz CT molecular complexity index is 435. The summed E-state index contributed by atoms with van der Waals surface area (Å²) >= 11 is 0. The normalized spacial score (nSPS) is 13.2. The van der Waals surface area contributed by atoms with Gasteiger partial charge in [0.2, 0.25) is 0 Å². The Labute approximate surface area is 120 Å². The van der Waals surface area contributed by atoms with Crippen molar-refractivity contribution in [1.82, 2.24) is 5.48 Å². The number of rotatable bonds is 5. The second kappa shape index (κ2) is 7.70. The molecule has 0 fully saturated rings. The van der Waals surface area contributed by atoms with Gasteiger partial charge in [-0.15, -0.1) is 0 Å². The van der Waals surface area contributed by atoms with E-state index in [1.54, 1.807) is 20.8 Å². The number of hydrogen-bond acceptors (Lipinski definition) is 3. The third-order valence-corrected chi connectivity index (χ3v) is 2.32. The zero-order valence-electron chi connectivity index (χ0n) is 12.6. The lowest BCUT2D eigenvalue weighted by Crippen LogP contribution is -2.34. The van der Waals surface area contributed by atoms with Crippen molar-refractivity contribution in [2.75, 3.05) is 0 Å². The summed E-state index contributed by atoms with van der Waals surface area (Å²) in [4.78, 5) is 16.6. The van der Waals surface area contributed by atoms with Crippen molar-refractivity contribution in [2.45, 2.75) is 45.8 Å². The van der Waals surface area contributed by atoms with Crippen molar-refractivity contribution in [3.8, 4) is 0 Å². The van der Waals surface area contributed by atoms with Gasteiger partial charge >= 0.3 is 6.09 Å². The molecule has 4 heteroatoms. The Kier molecular flexibility index (Phi) is 6.25. The van der Waals surface area contributed by atoms with Crippen LogP contribution in [0.2, 0.25) is 0 Å². The van der Waals surface area contributed by atoms with Gasteiger partial charge in [-0.05, 0) is 39.7 Å². The Morgan fingerprint density at radius 3 is 2.55 bits per heavy atom. The number of ether oxygens (including phenoxy) is 1. The van der Waals surface area contributed by atoms with Crippen LogP contribution in [0.4, 0.5) is 4.79 Å². The van der Waals surface area contributed by atoms with Crippen LogP contribution in [0.5, 0.6) is 0 Å². The molecule has 1 rings (SSSR count). The average Bonchev–Trinajstić information content (AvgIpc) is 2.36. The maximum Gasteiger partial charge on any atom is 0.431 e. The van der Waals surface area contributed by atoms with Gasteiger partial charge in [-0.25, -0.2) is 4.79 Å². The van der Waals surface area contributed by atoms with E-state index in [0.717, 1.165) is 5.56 Å². The molecule has 1 unspecified atom stereocenters. The van der Waals surface area contributed by atoms with Gasteiger partial charge < -0.3 is 4.74 Å². The molecule has 0 aliphatic rings. The van der Waals surface area contributed by atoms with E-state index in [1.165, 1.54) is 0 Å². The van der Waals surface area contributed by atoms with Gasteiger partial charge in [-0.3, -0.25) is 4.84 Å². The number of amides is 1. The molecule has 110 valence electrons. The summed E-state index contributed by atoms with van der Waals surface area (Å²) in [7, 11) is 0. The molecule has 1 amide bonds. The SMILES string of the molecule is CC(C/C=C/c1ccccc1)ONC(=O)OC(C)(C)C. The van der Waals surface area contributed by atoms with Gasteiger partial charge in [-0.2, -0.15) is 5.48 Å². The minimum atomic E-state index is -0.573. The minimum absolute atomic E-state index is 0.123. The fraction of sp³-hybridized carbons (Fsp3) is 0.438. The zero-order valence-corrected chi connectivity index (χ0v) is 12.6. The molecule has 0 bridgehead atoms. The van der Waals surface area contributed by atoms with E-state index in [-0.39, 0.29) is 6.10 Å². The van der Waals surface area contributed by atoms with Crippen molar-refractivity contribution in [1.29, 1.82) is 0 Å². The lowest BCUT2D eigenvalue weighted by atomic mass is 10.2. The van der Waals surface area contributed by atoms with E-state index in [2.05, 4.69) is 5.48 Å². The van der Waals surface area contributed by atoms with Crippen LogP contribution in [0.15, 0.2) is 36.4 Å². The maximum absolute atomic E-state index is 11.4. The summed E-state index contributed by atoms with van der Waals surface area (Å²) in [5.41, 5.74) is 2.91. The van der Waals surface area contributed by atoms with Crippen molar-refractivity contribution in [3.63, 3.8) is 0 Å². The number of benzene rings is 1. The highest BCUT2D eigenvalue weighted by Crippen LogP contribution is 2.07. The Morgan fingerprint density at radius 1 is 1.30 bits per heavy atom. The predicted octanol–water partition coefficient (Wildman–Crippen LogP) is 3.93. The van der Waals surface area contributed by atoms with Gasteiger partial charge in [0.1, 0.15) is 5.60 Å². The highest BCUT2D eigenvalue weighted by molar-refractivity contribution is 5.66. The monoisotopic (exact) mass is 277 g/mol. The van der Waals surface area contributed by atoms with Crippen LogP contribution in [0.1, 0.15) is 39.7 Å². The molecule has 0 saturated carbocycles. The Balaban J connectivity index is 2.25. The molecule has 0 heterocycles. The third kappa shape index (κ3) is 7.59. The first-order valence-corrected chi connectivity index (χ1v) is 6.73. The third-order valence-electron chi connectivity index (χ3n) is 2.32. The summed E-state index contributed by atoms with van der Waals surface area (Å²) in [5, 5.41) is 0. The molecule has 1 N–H and O–H groups in total. The van der Waals surface area contributed by atoms with Gasteiger partial charge in [0, 0.05) is 0 Å². The standard InChI is InChI=1S/C16H23NO3/c1-13(20-17-15(18)19-16(2,3)4)9-8-12-14-10-6-5-7-11-14/h5-8,10-13H,9H2,1-4H3,(H,17,18)/b12-8+. The van der Waals surface area contributed by atoms with E-state index in [0.29, 0.717) is 6.42 Å². The number of carbonyl (C=O) groups is 1. The first kappa shape index (κ1) is 16.2. The van der Waals surface area contributed by atoms with Crippen molar-refractivity contribution < 1.29 is 14.4 Å². The predicted molar refractivity (Wildman–Crippen MR) is 80.0 cm³/mol. The molecule has 1 aromatic rings. The first-order valence-electron chi connectivity index (χ1n) is 6.73. The van der Waals surface area contributed by atoms with E-state index in [4.69, 9.17) is 9.57 Å². The molecule has 1 aromatic carbocycles. The minimum Gasteiger partial charge on any atom is -0.442 e.